The van der Waals surface area contributed by atoms with Crippen LogP contribution in [0.15, 0.2) is 53.6 Å². The van der Waals surface area contributed by atoms with Crippen LogP contribution in [-0.4, -0.2) is 36.7 Å². The molecule has 9 nitrogen and oxygen atoms in total. The first-order valence-corrected chi connectivity index (χ1v) is 11.8. The van der Waals surface area contributed by atoms with E-state index in [0.717, 1.165) is 6.20 Å². The number of Topliss-reactive ketones (excluding diaryl/α,β-unsaturated/α-hetero) is 1. The molecule has 0 radical (unpaired) electrons. The molecule has 0 saturated heterocycles. The van der Waals surface area contributed by atoms with E-state index in [-0.39, 0.29) is 35.6 Å². The number of aromatic nitrogens is 2. The van der Waals surface area contributed by atoms with Crippen molar-refractivity contribution >= 4 is 38.8 Å². The van der Waals surface area contributed by atoms with Crippen LogP contribution in [-0.2, 0) is 14.6 Å². The van der Waals surface area contributed by atoms with Crippen LogP contribution in [0.5, 0.6) is 5.75 Å². The van der Waals surface area contributed by atoms with E-state index in [1.54, 1.807) is 50.2 Å². The lowest BCUT2D eigenvalue weighted by Gasteiger charge is -2.12. The van der Waals surface area contributed by atoms with Crippen LogP contribution in [0.1, 0.15) is 18.9 Å². The average molecular weight is 484 g/mol. The van der Waals surface area contributed by atoms with Crippen molar-refractivity contribution in [1.82, 2.24) is 9.97 Å². The molecule has 11 heteroatoms. The number of sulfone groups is 1. The zero-order valence-corrected chi connectivity index (χ0v) is 19.3. The van der Waals surface area contributed by atoms with Gasteiger partial charge in [0.05, 0.1) is 11.1 Å². The second-order valence-corrected chi connectivity index (χ2v) is 9.19. The standard InChI is InChI=1S/C23H22FN5O4S/c1-4-18(30)13-34(31,32)21-11-17(6-5-15(21)2)28-23-26-12-20(24)22(29-23)27-16-7-9-19(10-8-16)33-14-25-3/h5-12H,4,13-14H2,1-2H3,(H2,26,27,28,29). The van der Waals surface area contributed by atoms with E-state index in [4.69, 9.17) is 11.3 Å². The summed E-state index contributed by atoms with van der Waals surface area (Å²) in [6.07, 6.45) is 1.11. The maximum absolute atomic E-state index is 14.3. The smallest absolute Gasteiger partial charge is 0.357 e. The third-order valence-electron chi connectivity index (χ3n) is 4.68. The minimum atomic E-state index is -3.81. The Morgan fingerprint density at radius 1 is 1.15 bits per heavy atom. The first kappa shape index (κ1) is 24.6. The lowest BCUT2D eigenvalue weighted by atomic mass is 10.2. The average Bonchev–Trinajstić information content (AvgIpc) is 2.81. The zero-order chi connectivity index (χ0) is 24.7. The topological polar surface area (TPSA) is 115 Å². The lowest BCUT2D eigenvalue weighted by Crippen LogP contribution is -2.16. The SMILES string of the molecule is [C-]#[N+]COc1ccc(Nc2nc(Nc3ccc(C)c(S(=O)(=O)CC(=O)CC)c3)ncc2F)cc1. The van der Waals surface area contributed by atoms with Gasteiger partial charge in [-0.05, 0) is 48.9 Å². The van der Waals surface area contributed by atoms with Crippen molar-refractivity contribution in [3.63, 3.8) is 0 Å². The van der Waals surface area contributed by atoms with E-state index < -0.39 is 21.4 Å². The fourth-order valence-electron chi connectivity index (χ4n) is 2.93. The number of carbonyl (C=O) groups excluding carboxylic acids is 1. The van der Waals surface area contributed by atoms with Crippen molar-refractivity contribution < 1.29 is 22.3 Å². The first-order valence-electron chi connectivity index (χ1n) is 10.2. The molecule has 0 aliphatic heterocycles. The van der Waals surface area contributed by atoms with Crippen molar-refractivity contribution in [1.29, 1.82) is 0 Å². The molecular weight excluding hydrogens is 461 g/mol. The highest BCUT2D eigenvalue weighted by Crippen LogP contribution is 2.25. The summed E-state index contributed by atoms with van der Waals surface area (Å²) in [4.78, 5) is 22.9. The number of rotatable bonds is 10. The van der Waals surface area contributed by atoms with Crippen LogP contribution >= 0.6 is 0 Å². The Balaban J connectivity index is 1.80. The van der Waals surface area contributed by atoms with Crippen LogP contribution in [0, 0.1) is 19.3 Å². The summed E-state index contributed by atoms with van der Waals surface area (Å²) in [7, 11) is -3.81. The Hall–Kier alpha value is -4.04. The highest BCUT2D eigenvalue weighted by atomic mass is 32.2. The number of nitrogens with zero attached hydrogens (tertiary/aromatic N) is 3. The molecule has 0 fully saturated rings. The predicted octanol–water partition coefficient (Wildman–Crippen LogP) is 4.42. The number of anilines is 4. The number of carbonyl (C=O) groups is 1. The largest absolute Gasteiger partial charge is 0.426 e. The van der Waals surface area contributed by atoms with Gasteiger partial charge < -0.3 is 15.4 Å². The second-order valence-electron chi connectivity index (χ2n) is 7.23. The number of benzene rings is 2. The summed E-state index contributed by atoms with van der Waals surface area (Å²) in [5.41, 5.74) is 1.40. The van der Waals surface area contributed by atoms with Crippen LogP contribution in [0.25, 0.3) is 4.85 Å². The van der Waals surface area contributed by atoms with Gasteiger partial charge in [0.15, 0.2) is 21.5 Å². The van der Waals surface area contributed by atoms with E-state index in [1.165, 1.54) is 6.07 Å². The summed E-state index contributed by atoms with van der Waals surface area (Å²) in [6, 6.07) is 11.2. The van der Waals surface area contributed by atoms with Gasteiger partial charge in [0, 0.05) is 17.8 Å². The van der Waals surface area contributed by atoms with Gasteiger partial charge in [0.2, 0.25) is 5.95 Å². The van der Waals surface area contributed by atoms with Crippen molar-refractivity contribution in [3.05, 3.63) is 71.5 Å². The van der Waals surface area contributed by atoms with Crippen LogP contribution in [0.4, 0.5) is 27.5 Å². The molecule has 0 saturated carbocycles. The minimum absolute atomic E-state index is 0.0280. The Morgan fingerprint density at radius 3 is 2.53 bits per heavy atom. The summed E-state index contributed by atoms with van der Waals surface area (Å²) in [6.45, 7) is 9.89. The molecule has 0 atom stereocenters. The van der Waals surface area contributed by atoms with E-state index >= 15 is 0 Å². The number of nitrogens with one attached hydrogen (secondary N) is 2. The molecule has 34 heavy (non-hydrogen) atoms. The van der Waals surface area contributed by atoms with E-state index in [9.17, 15) is 17.6 Å². The van der Waals surface area contributed by atoms with Gasteiger partial charge in [-0.3, -0.25) is 9.64 Å². The first-order chi connectivity index (χ1) is 16.2. The Bertz CT molecular complexity index is 1340. The maximum Gasteiger partial charge on any atom is 0.357 e. The van der Waals surface area contributed by atoms with Gasteiger partial charge in [0.1, 0.15) is 17.3 Å². The minimum Gasteiger partial charge on any atom is -0.426 e. The monoisotopic (exact) mass is 483 g/mol. The van der Waals surface area contributed by atoms with Crippen molar-refractivity contribution in [2.45, 2.75) is 25.2 Å². The molecule has 2 N–H and O–H groups in total. The molecule has 0 unspecified atom stereocenters. The van der Waals surface area contributed by atoms with Gasteiger partial charge in [-0.25, -0.2) is 24.4 Å². The van der Waals surface area contributed by atoms with Gasteiger partial charge in [-0.15, -0.1) is 0 Å². The van der Waals surface area contributed by atoms with Gasteiger partial charge in [0.25, 0.3) is 0 Å². The summed E-state index contributed by atoms with van der Waals surface area (Å²) >= 11 is 0. The molecule has 2 aromatic carbocycles. The van der Waals surface area contributed by atoms with E-state index in [1.807, 2.05) is 0 Å². The molecule has 0 amide bonds. The maximum atomic E-state index is 14.3. The second kappa shape index (κ2) is 10.7. The Labute approximate surface area is 196 Å². The van der Waals surface area contributed by atoms with Crippen molar-refractivity contribution in [3.8, 4) is 5.75 Å². The summed E-state index contributed by atoms with van der Waals surface area (Å²) in [5.74, 6) is -1.20. The number of ketones is 1. The zero-order valence-electron chi connectivity index (χ0n) is 18.5. The summed E-state index contributed by atoms with van der Waals surface area (Å²) < 4.78 is 44.8. The number of hydrogen-bond donors (Lipinski definition) is 2. The fourth-order valence-corrected chi connectivity index (χ4v) is 4.58. The van der Waals surface area contributed by atoms with E-state index in [0.29, 0.717) is 22.7 Å². The number of halogens is 1. The molecule has 1 aromatic heterocycles. The Kier molecular flexibility index (Phi) is 7.75. The van der Waals surface area contributed by atoms with E-state index in [2.05, 4.69) is 25.4 Å². The molecular formula is C23H22FN5O4S. The van der Waals surface area contributed by atoms with Crippen LogP contribution in [0.2, 0.25) is 0 Å². The molecule has 3 rings (SSSR count). The predicted molar refractivity (Wildman–Crippen MR) is 126 cm³/mol. The molecule has 176 valence electrons. The molecule has 0 spiro atoms. The highest BCUT2D eigenvalue weighted by Gasteiger charge is 2.21. The van der Waals surface area contributed by atoms with Crippen molar-refractivity contribution in [2.24, 2.45) is 0 Å². The van der Waals surface area contributed by atoms with Gasteiger partial charge in [-0.1, -0.05) is 13.0 Å². The molecule has 0 aliphatic rings. The Morgan fingerprint density at radius 2 is 1.85 bits per heavy atom. The quantitative estimate of drug-likeness (QED) is 0.407. The molecule has 0 bridgehead atoms. The molecule has 3 aromatic rings. The molecule has 1 heterocycles. The lowest BCUT2D eigenvalue weighted by molar-refractivity contribution is -0.116. The summed E-state index contributed by atoms with van der Waals surface area (Å²) in [5, 5.41) is 5.71. The van der Waals surface area contributed by atoms with Gasteiger partial charge >= 0.3 is 6.73 Å². The van der Waals surface area contributed by atoms with Crippen LogP contribution < -0.4 is 15.4 Å². The number of ether oxygens (including phenoxy) is 1. The highest BCUT2D eigenvalue weighted by molar-refractivity contribution is 7.92. The third-order valence-corrected chi connectivity index (χ3v) is 6.49. The van der Waals surface area contributed by atoms with Gasteiger partial charge in [-0.2, -0.15) is 4.98 Å². The molecule has 0 aliphatic carbocycles. The van der Waals surface area contributed by atoms with Crippen molar-refractivity contribution in [2.75, 3.05) is 23.1 Å². The fraction of sp³-hybridized carbons (Fsp3) is 0.217. The normalized spacial score (nSPS) is 10.9. The van der Waals surface area contributed by atoms with Crippen LogP contribution in [0.3, 0.4) is 0 Å². The number of hydrogen-bond acceptors (Lipinski definition) is 8. The third kappa shape index (κ3) is 6.26. The number of aryl methyl sites for hydroxylation is 1.